The predicted molar refractivity (Wildman–Crippen MR) is 228 cm³/mol. The number of benzene rings is 9. The first kappa shape index (κ1) is 20.2. The van der Waals surface area contributed by atoms with E-state index in [0.717, 1.165) is 54.3 Å². The lowest BCUT2D eigenvalue weighted by atomic mass is 9.92. The summed E-state index contributed by atoms with van der Waals surface area (Å²) in [4.78, 5) is 1.08. The van der Waals surface area contributed by atoms with Crippen molar-refractivity contribution in [2.75, 3.05) is 4.90 Å². The lowest BCUT2D eigenvalue weighted by molar-refractivity contribution is 0.673. The number of anilines is 3. The quantitative estimate of drug-likeness (QED) is 0.164. The Morgan fingerprint density at radius 2 is 1.00 bits per heavy atom. The standard InChI is InChI=1S/C52H35NO/c1-4-14-36(15-5-1)38-26-30-43(31-27-38)53(42-20-8-3-9-21-42)44-32-28-39(29-33-44)48-35-49-51-45(41-19-12-18-40(34-41)37-16-6-2-7-17-37)24-13-25-50(51)54-52(49)47-23-11-10-22-46(47)48/h1-35H/i1D,3D,4D,5D,8D,9D,14D,15D,20D,21D,26D,27D,30D,31D. The van der Waals surface area contributed by atoms with Crippen LogP contribution >= 0.6 is 0 Å². The highest BCUT2D eigenvalue weighted by atomic mass is 16.3. The topological polar surface area (TPSA) is 16.4 Å². The van der Waals surface area contributed by atoms with Crippen molar-refractivity contribution in [3.8, 4) is 44.5 Å². The molecule has 10 aromatic rings. The summed E-state index contributed by atoms with van der Waals surface area (Å²) in [7, 11) is 0. The average molecular weight is 704 g/mol. The molecular formula is C52H35NO. The van der Waals surface area contributed by atoms with Crippen LogP contribution in [0.4, 0.5) is 17.1 Å². The SMILES string of the molecule is [2H]c1c([2H])c([2H])c(-c2c([2H])c([2H])c(N(c3ccc(-c4cc5c(oc6cccc(-c7cccc(-c8ccccc8)c7)c65)c5ccccc45)cc3)c3c([2H])c([2H])c([2H])c([2H])c3[2H])c([2H])c2[2H])c([2H])c1[2H]. The molecule has 0 atom stereocenters. The van der Waals surface area contributed by atoms with Gasteiger partial charge in [-0.15, -0.1) is 0 Å². The van der Waals surface area contributed by atoms with Gasteiger partial charge in [-0.2, -0.15) is 0 Å². The zero-order chi connectivity index (χ0) is 48.0. The third kappa shape index (κ3) is 5.62. The molecule has 0 bridgehead atoms. The number of hydrogen-bond acceptors (Lipinski definition) is 2. The van der Waals surface area contributed by atoms with E-state index in [1.165, 1.54) is 0 Å². The van der Waals surface area contributed by atoms with Crippen LogP contribution in [0.3, 0.4) is 0 Å². The maximum atomic E-state index is 9.31. The van der Waals surface area contributed by atoms with Gasteiger partial charge in [-0.3, -0.25) is 0 Å². The van der Waals surface area contributed by atoms with Crippen molar-refractivity contribution >= 4 is 49.8 Å². The third-order valence-electron chi connectivity index (χ3n) is 9.52. The van der Waals surface area contributed by atoms with Crippen LogP contribution < -0.4 is 4.90 Å². The maximum Gasteiger partial charge on any atom is 0.143 e. The van der Waals surface area contributed by atoms with Gasteiger partial charge in [0.2, 0.25) is 0 Å². The third-order valence-corrected chi connectivity index (χ3v) is 9.52. The Labute approximate surface area is 334 Å². The van der Waals surface area contributed by atoms with E-state index < -0.39 is 107 Å². The maximum absolute atomic E-state index is 9.31. The summed E-state index contributed by atoms with van der Waals surface area (Å²) in [5.41, 5.74) is 5.12. The molecule has 0 spiro atoms. The molecule has 1 heterocycles. The highest BCUT2D eigenvalue weighted by molar-refractivity contribution is 6.22. The van der Waals surface area contributed by atoms with Crippen molar-refractivity contribution in [1.29, 1.82) is 0 Å². The predicted octanol–water partition coefficient (Wildman–Crippen LogP) is 14.9. The van der Waals surface area contributed by atoms with Gasteiger partial charge in [-0.1, -0.05) is 157 Å². The first-order valence-corrected chi connectivity index (χ1v) is 17.3. The average Bonchev–Trinajstić information content (AvgIpc) is 3.75. The van der Waals surface area contributed by atoms with E-state index in [1.807, 2.05) is 60.7 Å². The van der Waals surface area contributed by atoms with Crippen LogP contribution in [0.2, 0.25) is 0 Å². The first-order valence-electron chi connectivity index (χ1n) is 24.3. The number of rotatable bonds is 7. The zero-order valence-electron chi connectivity index (χ0n) is 42.5. The molecule has 0 radical (unpaired) electrons. The summed E-state index contributed by atoms with van der Waals surface area (Å²) >= 11 is 0. The lowest BCUT2D eigenvalue weighted by Gasteiger charge is -2.26. The Morgan fingerprint density at radius 1 is 0.370 bits per heavy atom. The molecule has 2 heteroatoms. The fourth-order valence-corrected chi connectivity index (χ4v) is 7.06. The molecule has 0 aliphatic carbocycles. The fourth-order valence-electron chi connectivity index (χ4n) is 7.06. The van der Waals surface area contributed by atoms with Crippen LogP contribution in [0.25, 0.3) is 77.2 Å². The minimum Gasteiger partial charge on any atom is -0.455 e. The summed E-state index contributed by atoms with van der Waals surface area (Å²) < 4.78 is 129. The molecule has 0 aliphatic rings. The van der Waals surface area contributed by atoms with Gasteiger partial charge in [-0.25, -0.2) is 0 Å². The molecule has 0 N–H and O–H groups in total. The smallest absolute Gasteiger partial charge is 0.143 e. The fraction of sp³-hybridized carbons (Fsp3) is 0. The van der Waals surface area contributed by atoms with Gasteiger partial charge in [0.25, 0.3) is 0 Å². The molecule has 1 aromatic heterocycles. The van der Waals surface area contributed by atoms with Gasteiger partial charge in [-0.05, 0) is 104 Å². The number of furan rings is 1. The second-order valence-corrected chi connectivity index (χ2v) is 12.7. The molecule has 0 saturated carbocycles. The van der Waals surface area contributed by atoms with Crippen LogP contribution in [0.1, 0.15) is 19.2 Å². The minimum atomic E-state index is -0.771. The Kier molecular flexibility index (Phi) is 5.02. The molecule has 0 unspecified atom stereocenters. The van der Waals surface area contributed by atoms with Crippen LogP contribution in [-0.4, -0.2) is 0 Å². The first-order chi connectivity index (χ1) is 32.6. The molecule has 0 aliphatic heterocycles. The van der Waals surface area contributed by atoms with Gasteiger partial charge in [0.1, 0.15) is 11.2 Å². The summed E-state index contributed by atoms with van der Waals surface area (Å²) in [6.45, 7) is 0. The van der Waals surface area contributed by atoms with Crippen molar-refractivity contribution in [3.05, 3.63) is 212 Å². The van der Waals surface area contributed by atoms with Crippen molar-refractivity contribution in [3.63, 3.8) is 0 Å². The Bertz CT molecular complexity index is 3650. The Morgan fingerprint density at radius 3 is 1.78 bits per heavy atom. The van der Waals surface area contributed by atoms with Crippen molar-refractivity contribution < 1.29 is 23.6 Å². The van der Waals surface area contributed by atoms with E-state index in [1.54, 1.807) is 24.3 Å². The highest BCUT2D eigenvalue weighted by Crippen LogP contribution is 2.44. The van der Waals surface area contributed by atoms with Crippen LogP contribution in [0, 0.1) is 0 Å². The molecular weight excluding hydrogens is 655 g/mol. The van der Waals surface area contributed by atoms with E-state index in [-0.39, 0.29) is 5.69 Å². The zero-order valence-corrected chi connectivity index (χ0v) is 28.5. The van der Waals surface area contributed by atoms with Crippen molar-refractivity contribution in [2.24, 2.45) is 0 Å². The largest absolute Gasteiger partial charge is 0.455 e. The van der Waals surface area contributed by atoms with Crippen LogP contribution in [0.15, 0.2) is 216 Å². The molecule has 0 amide bonds. The number of hydrogen-bond donors (Lipinski definition) is 0. The summed E-state index contributed by atoms with van der Waals surface area (Å²) in [5.74, 6) is 0. The van der Waals surface area contributed by atoms with Gasteiger partial charge >= 0.3 is 0 Å². The number of fused-ring (bicyclic) bond motifs is 5. The van der Waals surface area contributed by atoms with E-state index in [0.29, 0.717) is 16.7 Å². The molecule has 9 aromatic carbocycles. The Hall–Kier alpha value is -7.16. The van der Waals surface area contributed by atoms with Crippen molar-refractivity contribution in [1.82, 2.24) is 0 Å². The summed E-state index contributed by atoms with van der Waals surface area (Å²) in [6.07, 6.45) is 0. The van der Waals surface area contributed by atoms with E-state index in [9.17, 15) is 2.74 Å². The van der Waals surface area contributed by atoms with Crippen LogP contribution in [0.5, 0.6) is 0 Å². The van der Waals surface area contributed by atoms with Gasteiger partial charge in [0.05, 0.1) is 19.2 Å². The van der Waals surface area contributed by atoms with Crippen molar-refractivity contribution in [2.45, 2.75) is 0 Å². The molecule has 0 fully saturated rings. The summed E-state index contributed by atoms with van der Waals surface area (Å²) in [6, 6.07) is 30.9. The molecule has 54 heavy (non-hydrogen) atoms. The van der Waals surface area contributed by atoms with E-state index in [4.69, 9.17) is 20.9 Å². The van der Waals surface area contributed by atoms with Gasteiger partial charge in [0.15, 0.2) is 0 Å². The highest BCUT2D eigenvalue weighted by Gasteiger charge is 2.19. The second kappa shape index (κ2) is 13.4. The Balaban J connectivity index is 1.18. The van der Waals surface area contributed by atoms with E-state index in [2.05, 4.69) is 42.5 Å². The molecule has 2 nitrogen and oxygen atoms in total. The van der Waals surface area contributed by atoms with Gasteiger partial charge in [0, 0.05) is 33.2 Å². The van der Waals surface area contributed by atoms with E-state index >= 15 is 0 Å². The molecule has 254 valence electrons. The lowest BCUT2D eigenvalue weighted by Crippen LogP contribution is -2.09. The molecule has 0 saturated heterocycles. The van der Waals surface area contributed by atoms with Gasteiger partial charge < -0.3 is 9.32 Å². The summed E-state index contributed by atoms with van der Waals surface area (Å²) in [5, 5.41) is 3.50. The minimum absolute atomic E-state index is 0.114. The molecule has 10 rings (SSSR count). The van der Waals surface area contributed by atoms with Crippen LogP contribution in [-0.2, 0) is 0 Å². The monoisotopic (exact) mass is 703 g/mol. The number of nitrogens with zero attached hydrogens (tertiary/aromatic N) is 1. The normalized spacial score (nSPS) is 15.0. The number of para-hydroxylation sites is 1. The second-order valence-electron chi connectivity index (χ2n) is 12.7.